The molecule has 2 aromatic carbocycles. The monoisotopic (exact) mass is 251 g/mol. The first-order chi connectivity index (χ1) is 9.20. The molecule has 2 N–H and O–H groups in total. The van der Waals surface area contributed by atoms with Gasteiger partial charge in [0, 0.05) is 5.56 Å². The Bertz CT molecular complexity index is 609. The van der Waals surface area contributed by atoms with Crippen molar-refractivity contribution in [3.05, 3.63) is 77.4 Å². The van der Waals surface area contributed by atoms with Crippen LogP contribution >= 0.6 is 0 Å². The summed E-state index contributed by atoms with van der Waals surface area (Å²) in [6.45, 7) is 0. The highest BCUT2D eigenvalue weighted by atomic mass is 16.3. The third-order valence-corrected chi connectivity index (χ3v) is 2.77. The number of benzene rings is 2. The van der Waals surface area contributed by atoms with E-state index in [0.717, 1.165) is 0 Å². The number of aliphatic hydroxyl groups excluding tert-OH is 2. The molecule has 0 bridgehead atoms. The SMILES string of the molecule is N#Cc1ccc(/C(O)=C/C(O)c2ccccc2)cc1. The minimum Gasteiger partial charge on any atom is -0.508 e. The van der Waals surface area contributed by atoms with Crippen molar-refractivity contribution in [3.8, 4) is 6.07 Å². The Labute approximate surface area is 111 Å². The van der Waals surface area contributed by atoms with Gasteiger partial charge in [-0.2, -0.15) is 5.26 Å². The maximum atomic E-state index is 9.96. The first kappa shape index (κ1) is 12.9. The van der Waals surface area contributed by atoms with Crippen molar-refractivity contribution in [1.29, 1.82) is 5.26 Å². The van der Waals surface area contributed by atoms with Crippen LogP contribution in [0.2, 0.25) is 0 Å². The average molecular weight is 251 g/mol. The fourth-order valence-corrected chi connectivity index (χ4v) is 1.71. The molecule has 2 rings (SSSR count). The van der Waals surface area contributed by atoms with Crippen LogP contribution in [0.3, 0.4) is 0 Å². The van der Waals surface area contributed by atoms with E-state index in [9.17, 15) is 10.2 Å². The fraction of sp³-hybridized carbons (Fsp3) is 0.0625. The van der Waals surface area contributed by atoms with Crippen LogP contribution in [0, 0.1) is 11.3 Å². The van der Waals surface area contributed by atoms with E-state index in [1.54, 1.807) is 36.4 Å². The predicted molar refractivity (Wildman–Crippen MR) is 73.2 cm³/mol. The molecule has 2 aromatic rings. The van der Waals surface area contributed by atoms with Crippen LogP contribution in [0.15, 0.2) is 60.7 Å². The lowest BCUT2D eigenvalue weighted by atomic mass is 10.1. The summed E-state index contributed by atoms with van der Waals surface area (Å²) in [4.78, 5) is 0. The van der Waals surface area contributed by atoms with E-state index in [2.05, 4.69) is 0 Å². The van der Waals surface area contributed by atoms with Gasteiger partial charge < -0.3 is 10.2 Å². The number of nitriles is 1. The summed E-state index contributed by atoms with van der Waals surface area (Å²) < 4.78 is 0. The second-order valence-electron chi connectivity index (χ2n) is 4.10. The van der Waals surface area contributed by atoms with E-state index in [1.165, 1.54) is 6.08 Å². The third kappa shape index (κ3) is 3.21. The summed E-state index contributed by atoms with van der Waals surface area (Å²) in [5.41, 5.74) is 1.80. The molecule has 0 saturated heterocycles. The van der Waals surface area contributed by atoms with Crippen LogP contribution in [0.25, 0.3) is 5.76 Å². The molecule has 0 aliphatic carbocycles. The normalized spacial score (nSPS) is 12.7. The maximum Gasteiger partial charge on any atom is 0.121 e. The van der Waals surface area contributed by atoms with Crippen LogP contribution in [-0.2, 0) is 0 Å². The van der Waals surface area contributed by atoms with E-state index in [0.29, 0.717) is 16.7 Å². The summed E-state index contributed by atoms with van der Waals surface area (Å²) in [5, 5.41) is 28.6. The zero-order valence-corrected chi connectivity index (χ0v) is 10.2. The maximum absolute atomic E-state index is 9.96. The molecule has 0 aromatic heterocycles. The average Bonchev–Trinajstić information content (AvgIpc) is 2.48. The van der Waals surface area contributed by atoms with Crippen molar-refractivity contribution < 1.29 is 10.2 Å². The lowest BCUT2D eigenvalue weighted by Crippen LogP contribution is -1.95. The number of hydrogen-bond acceptors (Lipinski definition) is 3. The van der Waals surface area contributed by atoms with Gasteiger partial charge in [0.15, 0.2) is 0 Å². The Morgan fingerprint density at radius 2 is 1.68 bits per heavy atom. The summed E-state index contributed by atoms with van der Waals surface area (Å²) >= 11 is 0. The van der Waals surface area contributed by atoms with Crippen LogP contribution in [0.4, 0.5) is 0 Å². The minimum atomic E-state index is -0.864. The molecule has 0 aliphatic heterocycles. The number of rotatable bonds is 3. The molecular formula is C16H13NO2. The molecule has 0 heterocycles. The van der Waals surface area contributed by atoms with Gasteiger partial charge in [0.2, 0.25) is 0 Å². The van der Waals surface area contributed by atoms with E-state index in [1.807, 2.05) is 24.3 Å². The molecular weight excluding hydrogens is 238 g/mol. The third-order valence-electron chi connectivity index (χ3n) is 2.77. The Morgan fingerprint density at radius 3 is 2.26 bits per heavy atom. The van der Waals surface area contributed by atoms with Crippen molar-refractivity contribution in [3.63, 3.8) is 0 Å². The van der Waals surface area contributed by atoms with Crippen molar-refractivity contribution >= 4 is 5.76 Å². The first-order valence-corrected chi connectivity index (χ1v) is 5.85. The van der Waals surface area contributed by atoms with Gasteiger partial charge in [-0.1, -0.05) is 30.3 Å². The van der Waals surface area contributed by atoms with Gasteiger partial charge in [-0.3, -0.25) is 0 Å². The molecule has 0 radical (unpaired) electrons. The Hall–Kier alpha value is -2.57. The van der Waals surface area contributed by atoms with E-state index in [-0.39, 0.29) is 5.76 Å². The highest BCUT2D eigenvalue weighted by Crippen LogP contribution is 2.19. The lowest BCUT2D eigenvalue weighted by molar-refractivity contribution is 0.227. The van der Waals surface area contributed by atoms with Crippen LogP contribution in [0.5, 0.6) is 0 Å². The van der Waals surface area contributed by atoms with E-state index in [4.69, 9.17) is 5.26 Å². The van der Waals surface area contributed by atoms with Gasteiger partial charge in [0.25, 0.3) is 0 Å². The Kier molecular flexibility index (Phi) is 3.97. The molecule has 0 spiro atoms. The smallest absolute Gasteiger partial charge is 0.121 e. The molecule has 0 aliphatic rings. The number of hydrogen-bond donors (Lipinski definition) is 2. The summed E-state index contributed by atoms with van der Waals surface area (Å²) in [5.74, 6) is -0.0131. The van der Waals surface area contributed by atoms with Gasteiger partial charge in [0.05, 0.1) is 11.6 Å². The summed E-state index contributed by atoms with van der Waals surface area (Å²) in [6, 6.07) is 17.6. The zero-order chi connectivity index (χ0) is 13.7. The zero-order valence-electron chi connectivity index (χ0n) is 10.2. The Balaban J connectivity index is 2.20. The number of nitrogens with zero attached hydrogens (tertiary/aromatic N) is 1. The summed E-state index contributed by atoms with van der Waals surface area (Å²) in [6.07, 6.45) is 0.508. The molecule has 19 heavy (non-hydrogen) atoms. The highest BCUT2D eigenvalue weighted by molar-refractivity contribution is 5.60. The van der Waals surface area contributed by atoms with Crippen LogP contribution in [-0.4, -0.2) is 10.2 Å². The minimum absolute atomic E-state index is 0.0131. The quantitative estimate of drug-likeness (QED) is 0.823. The number of aliphatic hydroxyl groups is 2. The molecule has 3 nitrogen and oxygen atoms in total. The fourth-order valence-electron chi connectivity index (χ4n) is 1.71. The molecule has 0 saturated carbocycles. The molecule has 1 atom stereocenters. The molecule has 1 unspecified atom stereocenters. The molecule has 0 fully saturated rings. The lowest BCUT2D eigenvalue weighted by Gasteiger charge is -2.07. The second kappa shape index (κ2) is 5.85. The molecule has 94 valence electrons. The Morgan fingerprint density at radius 1 is 1.05 bits per heavy atom. The summed E-state index contributed by atoms with van der Waals surface area (Å²) in [7, 11) is 0. The van der Waals surface area contributed by atoms with Gasteiger partial charge in [0.1, 0.15) is 11.9 Å². The largest absolute Gasteiger partial charge is 0.508 e. The first-order valence-electron chi connectivity index (χ1n) is 5.85. The van der Waals surface area contributed by atoms with Gasteiger partial charge in [-0.15, -0.1) is 0 Å². The van der Waals surface area contributed by atoms with Crippen LogP contribution < -0.4 is 0 Å². The topological polar surface area (TPSA) is 64.2 Å². The van der Waals surface area contributed by atoms with Gasteiger partial charge >= 0.3 is 0 Å². The standard InChI is InChI=1S/C16H13NO2/c17-11-12-6-8-14(9-7-12)16(19)10-15(18)13-4-2-1-3-5-13/h1-10,15,18-19H/b16-10-. The molecule has 0 amide bonds. The van der Waals surface area contributed by atoms with E-state index >= 15 is 0 Å². The van der Waals surface area contributed by atoms with Crippen molar-refractivity contribution in [2.75, 3.05) is 0 Å². The van der Waals surface area contributed by atoms with E-state index < -0.39 is 6.10 Å². The van der Waals surface area contributed by atoms with Crippen molar-refractivity contribution in [2.45, 2.75) is 6.10 Å². The second-order valence-corrected chi connectivity index (χ2v) is 4.10. The van der Waals surface area contributed by atoms with Gasteiger partial charge in [-0.05, 0) is 35.9 Å². The highest BCUT2D eigenvalue weighted by Gasteiger charge is 2.06. The molecule has 3 heteroatoms. The van der Waals surface area contributed by atoms with Gasteiger partial charge in [-0.25, -0.2) is 0 Å². The van der Waals surface area contributed by atoms with Crippen LogP contribution in [0.1, 0.15) is 22.8 Å². The van der Waals surface area contributed by atoms with Crippen molar-refractivity contribution in [1.82, 2.24) is 0 Å². The predicted octanol–water partition coefficient (Wildman–Crippen LogP) is 3.19. The van der Waals surface area contributed by atoms with Crippen molar-refractivity contribution in [2.24, 2.45) is 0 Å².